The Hall–Kier alpha value is -1.22. The molecule has 1 saturated heterocycles. The minimum absolute atomic E-state index is 0.0661. The second kappa shape index (κ2) is 6.29. The lowest BCUT2D eigenvalue weighted by atomic mass is 10.1. The number of anilines is 1. The van der Waals surface area contributed by atoms with E-state index in [1.54, 1.807) is 6.07 Å². The lowest BCUT2D eigenvalue weighted by Gasteiger charge is -2.32. The standard InChI is InChI=1S/C15H22ClN3/c1-2-12-6-4-3-5-9-19(12)14-8-7-11(15(17)18)10-13(14)16/h7-8,10,12H,2-6,9H2,1H3,(H3,17,18). The molecule has 19 heavy (non-hydrogen) atoms. The van der Waals surface area contributed by atoms with Gasteiger partial charge in [-0.25, -0.2) is 0 Å². The Kier molecular flexibility index (Phi) is 4.70. The van der Waals surface area contributed by atoms with Crippen LogP contribution in [0.4, 0.5) is 5.69 Å². The molecule has 1 atom stereocenters. The maximum absolute atomic E-state index is 7.46. The number of hydrogen-bond acceptors (Lipinski definition) is 2. The number of hydrogen-bond donors (Lipinski definition) is 2. The highest BCUT2D eigenvalue weighted by atomic mass is 35.5. The normalized spacial score (nSPS) is 20.1. The summed E-state index contributed by atoms with van der Waals surface area (Å²) >= 11 is 6.39. The Labute approximate surface area is 120 Å². The molecule has 2 rings (SSSR count). The van der Waals surface area contributed by atoms with E-state index < -0.39 is 0 Å². The van der Waals surface area contributed by atoms with Crippen molar-refractivity contribution in [2.45, 2.75) is 45.1 Å². The lowest BCUT2D eigenvalue weighted by Crippen LogP contribution is -2.34. The number of halogens is 1. The van der Waals surface area contributed by atoms with Gasteiger partial charge in [0.2, 0.25) is 0 Å². The highest BCUT2D eigenvalue weighted by Crippen LogP contribution is 2.32. The number of benzene rings is 1. The summed E-state index contributed by atoms with van der Waals surface area (Å²) < 4.78 is 0. The van der Waals surface area contributed by atoms with E-state index in [0.717, 1.165) is 18.7 Å². The molecule has 1 aromatic carbocycles. The van der Waals surface area contributed by atoms with E-state index in [2.05, 4.69) is 11.8 Å². The summed E-state index contributed by atoms with van der Waals surface area (Å²) in [7, 11) is 0. The number of nitrogens with two attached hydrogens (primary N) is 1. The Morgan fingerprint density at radius 3 is 2.84 bits per heavy atom. The van der Waals surface area contributed by atoms with E-state index in [0.29, 0.717) is 16.6 Å². The molecule has 1 aliphatic rings. The first kappa shape index (κ1) is 14.2. The summed E-state index contributed by atoms with van der Waals surface area (Å²) in [5.41, 5.74) is 7.28. The Balaban J connectivity index is 2.30. The third-order valence-corrected chi connectivity index (χ3v) is 4.22. The van der Waals surface area contributed by atoms with Crippen molar-refractivity contribution in [1.29, 1.82) is 5.41 Å². The van der Waals surface area contributed by atoms with Gasteiger partial charge in [0.1, 0.15) is 5.84 Å². The molecular weight excluding hydrogens is 258 g/mol. The molecule has 1 unspecified atom stereocenters. The Morgan fingerprint density at radius 2 is 2.21 bits per heavy atom. The highest BCUT2D eigenvalue weighted by Gasteiger charge is 2.21. The zero-order chi connectivity index (χ0) is 13.8. The molecule has 0 aliphatic carbocycles. The topological polar surface area (TPSA) is 53.1 Å². The van der Waals surface area contributed by atoms with Crippen molar-refractivity contribution in [2.24, 2.45) is 5.73 Å². The maximum atomic E-state index is 7.46. The molecular formula is C15H22ClN3. The van der Waals surface area contributed by atoms with E-state index in [9.17, 15) is 0 Å². The van der Waals surface area contributed by atoms with Gasteiger partial charge in [-0.2, -0.15) is 0 Å². The van der Waals surface area contributed by atoms with Crippen LogP contribution in [0.15, 0.2) is 18.2 Å². The largest absolute Gasteiger partial charge is 0.384 e. The first-order valence-corrected chi connectivity index (χ1v) is 7.42. The first-order chi connectivity index (χ1) is 9.13. The van der Waals surface area contributed by atoms with Crippen molar-refractivity contribution in [3.63, 3.8) is 0 Å². The summed E-state index contributed by atoms with van der Waals surface area (Å²) in [6.07, 6.45) is 6.21. The molecule has 1 aromatic rings. The Bertz CT molecular complexity index is 459. The molecule has 1 heterocycles. The van der Waals surface area contributed by atoms with E-state index in [-0.39, 0.29) is 5.84 Å². The molecule has 0 spiro atoms. The van der Waals surface area contributed by atoms with Crippen molar-refractivity contribution in [1.82, 2.24) is 0 Å². The van der Waals surface area contributed by atoms with Crippen LogP contribution in [0.25, 0.3) is 0 Å². The minimum Gasteiger partial charge on any atom is -0.384 e. The number of rotatable bonds is 3. The van der Waals surface area contributed by atoms with E-state index in [1.165, 1.54) is 25.7 Å². The van der Waals surface area contributed by atoms with Crippen LogP contribution in [0.3, 0.4) is 0 Å². The first-order valence-electron chi connectivity index (χ1n) is 7.04. The van der Waals surface area contributed by atoms with Gasteiger partial charge >= 0.3 is 0 Å². The monoisotopic (exact) mass is 279 g/mol. The second-order valence-corrected chi connectivity index (χ2v) is 5.59. The fraction of sp³-hybridized carbons (Fsp3) is 0.533. The van der Waals surface area contributed by atoms with E-state index in [4.69, 9.17) is 22.7 Å². The van der Waals surface area contributed by atoms with Crippen LogP contribution in [0.5, 0.6) is 0 Å². The summed E-state index contributed by atoms with van der Waals surface area (Å²) in [4.78, 5) is 2.43. The number of amidine groups is 1. The fourth-order valence-electron chi connectivity index (χ4n) is 2.83. The van der Waals surface area contributed by atoms with Gasteiger partial charge in [-0.1, -0.05) is 31.4 Å². The third kappa shape index (κ3) is 3.21. The van der Waals surface area contributed by atoms with Gasteiger partial charge in [0.25, 0.3) is 0 Å². The van der Waals surface area contributed by atoms with Crippen LogP contribution in [-0.2, 0) is 0 Å². The molecule has 3 N–H and O–H groups in total. The third-order valence-electron chi connectivity index (χ3n) is 3.92. The van der Waals surface area contributed by atoms with Crippen LogP contribution in [0, 0.1) is 5.41 Å². The Morgan fingerprint density at radius 1 is 1.42 bits per heavy atom. The van der Waals surface area contributed by atoms with Crippen molar-refractivity contribution in [3.8, 4) is 0 Å². The van der Waals surface area contributed by atoms with E-state index in [1.807, 2.05) is 12.1 Å². The van der Waals surface area contributed by atoms with Crippen LogP contribution in [-0.4, -0.2) is 18.4 Å². The van der Waals surface area contributed by atoms with Crippen LogP contribution >= 0.6 is 11.6 Å². The SMILES string of the molecule is CCC1CCCCCN1c1ccc(C(=N)N)cc1Cl. The lowest BCUT2D eigenvalue weighted by molar-refractivity contribution is 0.556. The van der Waals surface area contributed by atoms with E-state index >= 15 is 0 Å². The maximum Gasteiger partial charge on any atom is 0.122 e. The molecule has 1 fully saturated rings. The second-order valence-electron chi connectivity index (χ2n) is 5.18. The van der Waals surface area contributed by atoms with Gasteiger partial charge in [0.15, 0.2) is 0 Å². The fourth-order valence-corrected chi connectivity index (χ4v) is 3.12. The van der Waals surface area contributed by atoms with Crippen LogP contribution in [0.1, 0.15) is 44.6 Å². The number of nitrogen functional groups attached to an aromatic ring is 1. The molecule has 3 nitrogen and oxygen atoms in total. The summed E-state index contributed by atoms with van der Waals surface area (Å²) in [5.74, 6) is 0.0661. The van der Waals surface area contributed by atoms with Crippen LogP contribution < -0.4 is 10.6 Å². The molecule has 0 amide bonds. The summed E-state index contributed by atoms with van der Waals surface area (Å²) in [5, 5.41) is 8.17. The summed E-state index contributed by atoms with van der Waals surface area (Å²) in [6.45, 7) is 3.30. The zero-order valence-electron chi connectivity index (χ0n) is 11.5. The van der Waals surface area contributed by atoms with Gasteiger partial charge in [-0.15, -0.1) is 0 Å². The summed E-state index contributed by atoms with van der Waals surface area (Å²) in [6, 6.07) is 6.27. The van der Waals surface area contributed by atoms with Crippen molar-refractivity contribution in [3.05, 3.63) is 28.8 Å². The molecule has 0 bridgehead atoms. The van der Waals surface area contributed by atoms with Crippen molar-refractivity contribution >= 4 is 23.1 Å². The highest BCUT2D eigenvalue weighted by molar-refractivity contribution is 6.33. The average molecular weight is 280 g/mol. The minimum atomic E-state index is 0.0661. The van der Waals surface area contributed by atoms with Gasteiger partial charge in [0, 0.05) is 18.2 Å². The van der Waals surface area contributed by atoms with Crippen molar-refractivity contribution < 1.29 is 0 Å². The van der Waals surface area contributed by atoms with Gasteiger partial charge in [-0.3, -0.25) is 5.41 Å². The predicted molar refractivity (Wildman–Crippen MR) is 82.4 cm³/mol. The molecule has 1 aliphatic heterocycles. The van der Waals surface area contributed by atoms with Crippen molar-refractivity contribution in [2.75, 3.05) is 11.4 Å². The van der Waals surface area contributed by atoms with Gasteiger partial charge in [0.05, 0.1) is 10.7 Å². The molecule has 0 saturated carbocycles. The number of nitrogens with one attached hydrogen (secondary N) is 1. The average Bonchev–Trinajstić information content (AvgIpc) is 2.63. The molecule has 104 valence electrons. The molecule has 0 radical (unpaired) electrons. The van der Waals surface area contributed by atoms with Crippen LogP contribution in [0.2, 0.25) is 5.02 Å². The quantitative estimate of drug-likeness (QED) is 0.653. The number of nitrogens with zero attached hydrogens (tertiary/aromatic N) is 1. The van der Waals surface area contributed by atoms with Gasteiger partial charge in [-0.05, 0) is 37.5 Å². The molecule has 4 heteroatoms. The van der Waals surface area contributed by atoms with Gasteiger partial charge < -0.3 is 10.6 Å². The molecule has 0 aromatic heterocycles. The smallest absolute Gasteiger partial charge is 0.122 e. The zero-order valence-corrected chi connectivity index (χ0v) is 12.2. The predicted octanol–water partition coefficient (Wildman–Crippen LogP) is 3.78.